The van der Waals surface area contributed by atoms with Crippen LogP contribution in [0.4, 0.5) is 0 Å². The van der Waals surface area contributed by atoms with E-state index in [2.05, 4.69) is 0 Å². The number of rotatable bonds is 2. The molecule has 1 fully saturated rings. The van der Waals surface area contributed by atoms with Gasteiger partial charge in [-0.05, 0) is 0 Å². The van der Waals surface area contributed by atoms with E-state index in [1.54, 1.807) is 0 Å². The highest BCUT2D eigenvalue weighted by Gasteiger charge is 2.38. The van der Waals surface area contributed by atoms with Crippen molar-refractivity contribution in [1.29, 1.82) is 0 Å². The number of aliphatic hydroxyl groups is 1. The zero-order valence-corrected chi connectivity index (χ0v) is 7.01. The highest BCUT2D eigenvalue weighted by Crippen LogP contribution is 2.17. The maximum Gasteiger partial charge on any atom is 0.326 e. The van der Waals surface area contributed by atoms with Gasteiger partial charge in [0.1, 0.15) is 6.04 Å². The van der Waals surface area contributed by atoms with Crippen molar-refractivity contribution in [2.24, 2.45) is 5.73 Å². The molecule has 6 nitrogen and oxygen atoms in total. The van der Waals surface area contributed by atoms with Crippen molar-refractivity contribution < 1.29 is 19.8 Å². The first-order valence-electron chi connectivity index (χ1n) is 3.96. The molecule has 13 heavy (non-hydrogen) atoms. The van der Waals surface area contributed by atoms with Crippen LogP contribution in [0.25, 0.3) is 0 Å². The van der Waals surface area contributed by atoms with Gasteiger partial charge in [-0.25, -0.2) is 4.79 Å². The first-order valence-corrected chi connectivity index (χ1v) is 3.96. The minimum Gasteiger partial charge on any atom is -0.480 e. The van der Waals surface area contributed by atoms with Crippen LogP contribution in [0.2, 0.25) is 0 Å². The molecule has 1 aliphatic rings. The summed E-state index contributed by atoms with van der Waals surface area (Å²) >= 11 is 0. The first kappa shape index (κ1) is 9.94. The molecule has 0 aromatic rings. The molecule has 0 aromatic carbocycles. The number of aliphatic hydroxyl groups excluding tert-OH is 1. The Morgan fingerprint density at radius 3 is 2.62 bits per heavy atom. The molecule has 2 atom stereocenters. The predicted octanol–water partition coefficient (Wildman–Crippen LogP) is -2.01. The lowest BCUT2D eigenvalue weighted by molar-refractivity contribution is -0.147. The highest BCUT2D eigenvalue weighted by atomic mass is 16.4. The lowest BCUT2D eigenvalue weighted by Crippen LogP contribution is -2.43. The fourth-order valence-electron chi connectivity index (χ4n) is 1.44. The van der Waals surface area contributed by atoms with E-state index in [0.29, 0.717) is 0 Å². The molecule has 0 radical (unpaired) electrons. The van der Waals surface area contributed by atoms with E-state index in [4.69, 9.17) is 15.9 Å². The van der Waals surface area contributed by atoms with Gasteiger partial charge in [0.25, 0.3) is 0 Å². The third-order valence-corrected chi connectivity index (χ3v) is 2.06. The normalized spacial score (nSPS) is 27.7. The fraction of sp³-hybridized carbons (Fsp3) is 0.714. The Morgan fingerprint density at radius 2 is 2.15 bits per heavy atom. The largest absolute Gasteiger partial charge is 0.480 e. The van der Waals surface area contributed by atoms with Crippen molar-refractivity contribution in [3.63, 3.8) is 0 Å². The van der Waals surface area contributed by atoms with Crippen molar-refractivity contribution in [2.45, 2.75) is 18.6 Å². The first-order chi connectivity index (χ1) is 6.06. The Kier molecular flexibility index (Phi) is 2.84. The number of likely N-dealkylation sites (tertiary alicyclic amines) is 1. The lowest BCUT2D eigenvalue weighted by Gasteiger charge is -2.19. The number of nitrogens with two attached hydrogens (primary N) is 1. The average Bonchev–Trinajstić information content (AvgIpc) is 2.46. The van der Waals surface area contributed by atoms with Crippen molar-refractivity contribution in [1.82, 2.24) is 4.90 Å². The number of amides is 1. The number of nitrogens with zero attached hydrogens (tertiary/aromatic N) is 1. The lowest BCUT2D eigenvalue weighted by atomic mass is 10.2. The van der Waals surface area contributed by atoms with Crippen LogP contribution in [0.5, 0.6) is 0 Å². The summed E-state index contributed by atoms with van der Waals surface area (Å²) < 4.78 is 0. The summed E-state index contributed by atoms with van der Waals surface area (Å²) in [6.45, 7) is -0.163. The molecule has 0 saturated carbocycles. The van der Waals surface area contributed by atoms with Crippen molar-refractivity contribution >= 4 is 11.9 Å². The van der Waals surface area contributed by atoms with Gasteiger partial charge >= 0.3 is 5.97 Å². The van der Waals surface area contributed by atoms with Gasteiger partial charge in [-0.2, -0.15) is 0 Å². The molecule has 6 heteroatoms. The Balaban J connectivity index is 2.71. The van der Waals surface area contributed by atoms with Crippen LogP contribution in [0, 0.1) is 0 Å². The van der Waals surface area contributed by atoms with Gasteiger partial charge in [0, 0.05) is 13.0 Å². The van der Waals surface area contributed by atoms with Crippen LogP contribution >= 0.6 is 0 Å². The monoisotopic (exact) mass is 188 g/mol. The molecule has 0 bridgehead atoms. The molecule has 1 heterocycles. The number of carbonyl (C=O) groups excluding carboxylic acids is 1. The molecule has 0 unspecified atom stereocenters. The standard InChI is InChI=1S/C7H12N2O4/c8-2-6(11)9-3-4(10)1-5(9)7(12)13/h4-5,10H,1-3,8H2,(H,12,13)/t4-,5-/m0/s1. The van der Waals surface area contributed by atoms with Crippen molar-refractivity contribution in [3.05, 3.63) is 0 Å². The number of hydrogen-bond donors (Lipinski definition) is 3. The molecule has 1 rings (SSSR count). The predicted molar refractivity (Wildman–Crippen MR) is 42.8 cm³/mol. The number of carboxylic acid groups (broad SMARTS) is 1. The molecular weight excluding hydrogens is 176 g/mol. The van der Waals surface area contributed by atoms with E-state index in [1.165, 1.54) is 0 Å². The van der Waals surface area contributed by atoms with E-state index in [0.717, 1.165) is 4.90 Å². The van der Waals surface area contributed by atoms with Crippen LogP contribution < -0.4 is 5.73 Å². The number of aliphatic carboxylic acids is 1. The van der Waals surface area contributed by atoms with Gasteiger partial charge in [-0.15, -0.1) is 0 Å². The topological polar surface area (TPSA) is 104 Å². The summed E-state index contributed by atoms with van der Waals surface area (Å²) in [5, 5.41) is 17.9. The maximum atomic E-state index is 11.1. The Bertz CT molecular complexity index is 231. The van der Waals surface area contributed by atoms with Gasteiger partial charge in [-0.3, -0.25) is 4.79 Å². The second kappa shape index (κ2) is 3.71. The summed E-state index contributed by atoms with van der Waals surface area (Å²) in [4.78, 5) is 22.8. The van der Waals surface area contributed by atoms with E-state index in [1.807, 2.05) is 0 Å². The summed E-state index contributed by atoms with van der Waals surface area (Å²) in [5.41, 5.74) is 5.09. The molecular formula is C7H12N2O4. The summed E-state index contributed by atoms with van der Waals surface area (Å²) in [6.07, 6.45) is -0.669. The SMILES string of the molecule is NCC(=O)N1C[C@@H](O)C[C@H]1C(=O)O. The fourth-order valence-corrected chi connectivity index (χ4v) is 1.44. The third kappa shape index (κ3) is 1.96. The van der Waals surface area contributed by atoms with Gasteiger partial charge in [0.2, 0.25) is 5.91 Å². The molecule has 0 aliphatic carbocycles. The summed E-state index contributed by atoms with van der Waals surface area (Å²) in [5.74, 6) is -1.54. The van der Waals surface area contributed by atoms with Gasteiger partial charge in [0.15, 0.2) is 0 Å². The molecule has 1 saturated heterocycles. The Morgan fingerprint density at radius 1 is 1.54 bits per heavy atom. The van der Waals surface area contributed by atoms with Crippen molar-refractivity contribution in [3.8, 4) is 0 Å². The number of hydrogen-bond acceptors (Lipinski definition) is 4. The zero-order valence-electron chi connectivity index (χ0n) is 7.01. The highest BCUT2D eigenvalue weighted by molar-refractivity contribution is 5.85. The molecule has 74 valence electrons. The number of carbonyl (C=O) groups is 2. The average molecular weight is 188 g/mol. The van der Waals surface area contributed by atoms with Gasteiger partial charge < -0.3 is 20.8 Å². The summed E-state index contributed by atoms with van der Waals surface area (Å²) in [6, 6.07) is -0.925. The van der Waals surface area contributed by atoms with Crippen LogP contribution in [0.3, 0.4) is 0 Å². The molecule has 1 aliphatic heterocycles. The van der Waals surface area contributed by atoms with Gasteiger partial charge in [-0.1, -0.05) is 0 Å². The number of β-amino-alcohol motifs (C(OH)–C–C–N with tert-alkyl or cyclic N) is 1. The van der Waals surface area contributed by atoms with Crippen LogP contribution in [-0.4, -0.2) is 52.2 Å². The quantitative estimate of drug-likeness (QED) is 0.464. The maximum absolute atomic E-state index is 11.1. The van der Waals surface area contributed by atoms with E-state index in [-0.39, 0.29) is 19.5 Å². The van der Waals surface area contributed by atoms with E-state index >= 15 is 0 Å². The Hall–Kier alpha value is -1.14. The van der Waals surface area contributed by atoms with Gasteiger partial charge in [0.05, 0.1) is 12.6 Å². The molecule has 0 aromatic heterocycles. The van der Waals surface area contributed by atoms with Crippen LogP contribution in [-0.2, 0) is 9.59 Å². The minimum atomic E-state index is -1.10. The van der Waals surface area contributed by atoms with E-state index < -0.39 is 24.0 Å². The third-order valence-electron chi connectivity index (χ3n) is 2.06. The Labute approximate surface area is 74.9 Å². The minimum absolute atomic E-state index is 0.0625. The zero-order chi connectivity index (χ0) is 10.0. The second-order valence-electron chi connectivity index (χ2n) is 2.99. The molecule has 0 spiro atoms. The second-order valence-corrected chi connectivity index (χ2v) is 2.99. The number of carboxylic acids is 1. The summed E-state index contributed by atoms with van der Waals surface area (Å²) in [7, 11) is 0. The smallest absolute Gasteiger partial charge is 0.326 e. The van der Waals surface area contributed by atoms with Crippen LogP contribution in [0.1, 0.15) is 6.42 Å². The molecule has 1 amide bonds. The van der Waals surface area contributed by atoms with E-state index in [9.17, 15) is 9.59 Å². The van der Waals surface area contributed by atoms with Crippen LogP contribution in [0.15, 0.2) is 0 Å². The van der Waals surface area contributed by atoms with Crippen molar-refractivity contribution in [2.75, 3.05) is 13.1 Å². The molecule has 4 N–H and O–H groups in total.